The molecule has 0 saturated heterocycles. The van der Waals surface area contributed by atoms with Gasteiger partial charge in [0.1, 0.15) is 24.2 Å². The van der Waals surface area contributed by atoms with Crippen LogP contribution in [0.2, 0.25) is 0 Å². The molecule has 0 saturated carbocycles. The zero-order valence-electron chi connectivity index (χ0n) is 22.4. The highest BCUT2D eigenvalue weighted by molar-refractivity contribution is 5.93. The molecule has 3 atom stereocenters. The van der Waals surface area contributed by atoms with Gasteiger partial charge in [-0.3, -0.25) is 14.4 Å². The molecule has 0 fully saturated rings. The van der Waals surface area contributed by atoms with Crippen molar-refractivity contribution >= 4 is 23.9 Å². The van der Waals surface area contributed by atoms with Gasteiger partial charge in [-0.2, -0.15) is 0 Å². The lowest BCUT2D eigenvalue weighted by molar-refractivity contribution is -0.147. The molecule has 0 aliphatic carbocycles. The molecule has 35 heavy (non-hydrogen) atoms. The van der Waals surface area contributed by atoms with E-state index in [1.54, 1.807) is 32.9 Å². The zero-order valence-corrected chi connectivity index (χ0v) is 22.4. The Hall–Kier alpha value is -3.10. The van der Waals surface area contributed by atoms with Crippen LogP contribution in [0.3, 0.4) is 0 Å². The Kier molecular flexibility index (Phi) is 11.2. The summed E-state index contributed by atoms with van der Waals surface area (Å²) in [6.45, 7) is 14.2. The normalized spacial score (nSPS) is 13.9. The Morgan fingerprint density at radius 3 is 2.06 bits per heavy atom. The molecule has 0 spiro atoms. The summed E-state index contributed by atoms with van der Waals surface area (Å²) < 4.78 is 10.0. The molecule has 0 aliphatic rings. The summed E-state index contributed by atoms with van der Waals surface area (Å²) in [6, 6.07) is 4.98. The van der Waals surface area contributed by atoms with Crippen molar-refractivity contribution < 1.29 is 28.7 Å². The number of ether oxygens (including phenoxy) is 2. The van der Waals surface area contributed by atoms with Gasteiger partial charge in [0, 0.05) is 6.04 Å². The van der Waals surface area contributed by atoms with E-state index >= 15 is 0 Å². The predicted molar refractivity (Wildman–Crippen MR) is 134 cm³/mol. The molecule has 9 heteroatoms. The van der Waals surface area contributed by atoms with Crippen LogP contribution in [0.25, 0.3) is 0 Å². The highest BCUT2D eigenvalue weighted by atomic mass is 16.6. The smallest absolute Gasteiger partial charge is 0.408 e. The van der Waals surface area contributed by atoms with Crippen molar-refractivity contribution in [3.8, 4) is 0 Å². The molecule has 0 heterocycles. The second kappa shape index (κ2) is 13.1. The number of aryl methyl sites for hydroxylation is 1. The summed E-state index contributed by atoms with van der Waals surface area (Å²) in [5.41, 5.74) is 0.852. The van der Waals surface area contributed by atoms with Gasteiger partial charge in [0.25, 0.3) is 0 Å². The van der Waals surface area contributed by atoms with Crippen molar-refractivity contribution in [2.75, 3.05) is 13.7 Å². The van der Waals surface area contributed by atoms with E-state index in [4.69, 9.17) is 4.74 Å². The number of rotatable bonds is 10. The van der Waals surface area contributed by atoms with Crippen molar-refractivity contribution in [3.05, 3.63) is 35.4 Å². The van der Waals surface area contributed by atoms with Crippen molar-refractivity contribution in [3.63, 3.8) is 0 Å². The van der Waals surface area contributed by atoms with E-state index in [1.165, 1.54) is 12.0 Å². The third-order valence-electron chi connectivity index (χ3n) is 5.48. The SMILES string of the molecule is CCC(C)N(C(=O)C(NC(=O)OC(C)(C)C)C(C)C)C(C(=O)NCC(=O)OC)c1ccc(C)cc1. The van der Waals surface area contributed by atoms with Crippen LogP contribution in [0.15, 0.2) is 24.3 Å². The molecule has 3 amide bonds. The molecule has 2 N–H and O–H groups in total. The standard InChI is InChI=1S/C26H41N3O6/c1-10-18(5)29(24(32)21(16(2)3)28-25(33)35-26(6,7)8)22(19-13-11-17(4)12-14-19)23(31)27-15-20(30)34-9/h11-14,16,18,21-22H,10,15H2,1-9H3,(H,27,31)(H,28,33). The average Bonchev–Trinajstić information content (AvgIpc) is 2.77. The first-order chi connectivity index (χ1) is 16.2. The summed E-state index contributed by atoms with van der Waals surface area (Å²) in [5.74, 6) is -1.82. The second-order valence-corrected chi connectivity index (χ2v) is 9.98. The highest BCUT2D eigenvalue weighted by Crippen LogP contribution is 2.27. The number of alkyl carbamates (subject to hydrolysis) is 1. The van der Waals surface area contributed by atoms with Crippen LogP contribution in [-0.4, -0.2) is 60.1 Å². The maximum atomic E-state index is 14.0. The molecule has 9 nitrogen and oxygen atoms in total. The molecule has 196 valence electrons. The van der Waals surface area contributed by atoms with Crippen LogP contribution in [0.5, 0.6) is 0 Å². The van der Waals surface area contributed by atoms with Crippen LogP contribution in [0.1, 0.15) is 72.1 Å². The Morgan fingerprint density at radius 1 is 1.03 bits per heavy atom. The van der Waals surface area contributed by atoms with Gasteiger partial charge in [-0.05, 0) is 52.5 Å². The number of methoxy groups -OCH3 is 1. The second-order valence-electron chi connectivity index (χ2n) is 9.98. The van der Waals surface area contributed by atoms with Gasteiger partial charge in [-0.15, -0.1) is 0 Å². The van der Waals surface area contributed by atoms with E-state index in [0.717, 1.165) is 5.56 Å². The highest BCUT2D eigenvalue weighted by Gasteiger charge is 2.39. The molecule has 3 unspecified atom stereocenters. The molecular weight excluding hydrogens is 450 g/mol. The third kappa shape index (κ3) is 9.22. The minimum absolute atomic E-state index is 0.279. The Morgan fingerprint density at radius 2 is 1.60 bits per heavy atom. The van der Waals surface area contributed by atoms with Gasteiger partial charge < -0.3 is 25.0 Å². The van der Waals surface area contributed by atoms with Gasteiger partial charge in [0.2, 0.25) is 11.8 Å². The molecule has 1 aromatic rings. The molecule has 0 radical (unpaired) electrons. The number of hydrogen-bond donors (Lipinski definition) is 2. The van der Waals surface area contributed by atoms with Gasteiger partial charge in [0.05, 0.1) is 7.11 Å². The summed E-state index contributed by atoms with van der Waals surface area (Å²) >= 11 is 0. The lowest BCUT2D eigenvalue weighted by Crippen LogP contribution is -2.57. The van der Waals surface area contributed by atoms with E-state index in [1.807, 2.05) is 46.8 Å². The first kappa shape index (κ1) is 29.9. The fraction of sp³-hybridized carbons (Fsp3) is 0.615. The fourth-order valence-corrected chi connectivity index (χ4v) is 3.42. The lowest BCUT2D eigenvalue weighted by Gasteiger charge is -2.39. The van der Waals surface area contributed by atoms with E-state index in [9.17, 15) is 19.2 Å². The molecule has 0 bridgehead atoms. The first-order valence-electron chi connectivity index (χ1n) is 11.9. The van der Waals surface area contributed by atoms with E-state index in [-0.39, 0.29) is 18.5 Å². The van der Waals surface area contributed by atoms with Crippen molar-refractivity contribution in [2.24, 2.45) is 5.92 Å². The minimum Gasteiger partial charge on any atom is -0.468 e. The number of carbonyl (C=O) groups is 4. The largest absolute Gasteiger partial charge is 0.468 e. The maximum absolute atomic E-state index is 14.0. The number of nitrogens with one attached hydrogen (secondary N) is 2. The van der Waals surface area contributed by atoms with Crippen LogP contribution in [-0.2, 0) is 23.9 Å². The number of hydrogen-bond acceptors (Lipinski definition) is 6. The van der Waals surface area contributed by atoms with Crippen LogP contribution >= 0.6 is 0 Å². The van der Waals surface area contributed by atoms with Gasteiger partial charge in [0.15, 0.2) is 0 Å². The molecular formula is C26H41N3O6. The van der Waals surface area contributed by atoms with E-state index in [2.05, 4.69) is 15.4 Å². The predicted octanol–water partition coefficient (Wildman–Crippen LogP) is 3.50. The number of amides is 3. The quantitative estimate of drug-likeness (QED) is 0.484. The Balaban J connectivity index is 3.47. The topological polar surface area (TPSA) is 114 Å². The monoisotopic (exact) mass is 491 g/mol. The van der Waals surface area contributed by atoms with Gasteiger partial charge >= 0.3 is 12.1 Å². The summed E-state index contributed by atoms with van der Waals surface area (Å²) in [5, 5.41) is 5.27. The fourth-order valence-electron chi connectivity index (χ4n) is 3.42. The molecule has 0 aliphatic heterocycles. The number of benzene rings is 1. The molecule has 0 aromatic heterocycles. The van der Waals surface area contributed by atoms with Gasteiger partial charge in [-0.25, -0.2) is 4.79 Å². The van der Waals surface area contributed by atoms with Crippen molar-refractivity contribution in [2.45, 2.75) is 85.5 Å². The molecule has 1 aromatic carbocycles. The summed E-state index contributed by atoms with van der Waals surface area (Å²) in [4.78, 5) is 53.0. The van der Waals surface area contributed by atoms with E-state index < -0.39 is 41.6 Å². The first-order valence-corrected chi connectivity index (χ1v) is 11.9. The molecule has 1 rings (SSSR count). The summed E-state index contributed by atoms with van der Waals surface area (Å²) in [6.07, 6.45) is -0.147. The zero-order chi connectivity index (χ0) is 26.9. The Labute approximate surface area is 208 Å². The third-order valence-corrected chi connectivity index (χ3v) is 5.48. The summed E-state index contributed by atoms with van der Waals surface area (Å²) in [7, 11) is 1.23. The van der Waals surface area contributed by atoms with Crippen LogP contribution in [0.4, 0.5) is 4.79 Å². The van der Waals surface area contributed by atoms with E-state index in [0.29, 0.717) is 12.0 Å². The van der Waals surface area contributed by atoms with Gasteiger partial charge in [-0.1, -0.05) is 50.6 Å². The van der Waals surface area contributed by atoms with Crippen LogP contribution < -0.4 is 10.6 Å². The number of nitrogens with zero attached hydrogens (tertiary/aromatic N) is 1. The minimum atomic E-state index is -1.02. The van der Waals surface area contributed by atoms with Crippen molar-refractivity contribution in [1.29, 1.82) is 0 Å². The number of esters is 1. The maximum Gasteiger partial charge on any atom is 0.408 e. The lowest BCUT2D eigenvalue weighted by atomic mass is 9.96. The average molecular weight is 492 g/mol. The number of carbonyl (C=O) groups excluding carboxylic acids is 4. The van der Waals surface area contributed by atoms with Crippen molar-refractivity contribution in [1.82, 2.24) is 15.5 Å². The van der Waals surface area contributed by atoms with Crippen LogP contribution in [0, 0.1) is 12.8 Å². The Bertz CT molecular complexity index is 876.